The first-order chi connectivity index (χ1) is 8.02. The van der Waals surface area contributed by atoms with Crippen molar-refractivity contribution in [3.05, 3.63) is 29.3 Å². The Morgan fingerprint density at radius 2 is 2.18 bits per heavy atom. The third kappa shape index (κ3) is 4.56. The van der Waals surface area contributed by atoms with E-state index in [1.807, 2.05) is 12.1 Å². The molecule has 0 aromatic heterocycles. The predicted octanol–water partition coefficient (Wildman–Crippen LogP) is 2.96. The summed E-state index contributed by atoms with van der Waals surface area (Å²) in [5, 5.41) is 0.579. The van der Waals surface area contributed by atoms with Gasteiger partial charge in [0, 0.05) is 7.05 Å². The van der Waals surface area contributed by atoms with Crippen LogP contribution in [0, 0.1) is 0 Å². The molecule has 1 aromatic carbocycles. The number of carbonyl (C=O) groups is 1. The quantitative estimate of drug-likeness (QED) is 0.781. The molecule has 0 bridgehead atoms. The highest BCUT2D eigenvalue weighted by Crippen LogP contribution is 2.22. The van der Waals surface area contributed by atoms with Gasteiger partial charge in [-0.15, -0.1) is 0 Å². The number of para-hydroxylation sites is 1. The lowest BCUT2D eigenvalue weighted by molar-refractivity contribution is -0.129. The van der Waals surface area contributed by atoms with E-state index in [0.717, 1.165) is 0 Å². The third-order valence-electron chi connectivity index (χ3n) is 2.24. The van der Waals surface area contributed by atoms with Crippen LogP contribution in [0.25, 0.3) is 0 Å². The molecule has 1 atom stereocenters. The second-order valence-electron chi connectivity index (χ2n) is 3.65. The molecule has 1 rings (SSSR count). The molecule has 0 saturated heterocycles. The minimum absolute atomic E-state index is 0.0350. The number of carbonyl (C=O) groups excluding carboxylic acids is 1. The smallest absolute Gasteiger partial charge is 0.235 e. The van der Waals surface area contributed by atoms with Gasteiger partial charge in [-0.2, -0.15) is 0 Å². The molecule has 1 aromatic rings. The summed E-state index contributed by atoms with van der Waals surface area (Å²) < 4.78 is 5.50. The number of benzene rings is 1. The fourth-order valence-electron chi connectivity index (χ4n) is 1.27. The fourth-order valence-corrected chi connectivity index (χ4v) is 1.81. The van der Waals surface area contributed by atoms with E-state index >= 15 is 0 Å². The number of hydrogen-bond acceptors (Lipinski definition) is 2. The summed E-state index contributed by atoms with van der Waals surface area (Å²) in [5.74, 6) is 0.676. The zero-order valence-corrected chi connectivity index (χ0v) is 12.2. The van der Waals surface area contributed by atoms with Gasteiger partial charge in [-0.1, -0.05) is 39.7 Å². The van der Waals surface area contributed by atoms with Crippen molar-refractivity contribution in [2.45, 2.75) is 11.8 Å². The maximum absolute atomic E-state index is 11.5. The molecule has 0 spiro atoms. The van der Waals surface area contributed by atoms with Gasteiger partial charge in [0.05, 0.1) is 16.4 Å². The van der Waals surface area contributed by atoms with E-state index in [1.54, 1.807) is 31.0 Å². The third-order valence-corrected chi connectivity index (χ3v) is 2.94. The Balaban J connectivity index is 2.38. The van der Waals surface area contributed by atoms with Gasteiger partial charge < -0.3 is 9.64 Å². The van der Waals surface area contributed by atoms with Gasteiger partial charge in [0.25, 0.3) is 0 Å². The lowest BCUT2D eigenvalue weighted by atomic mass is 10.3. The Morgan fingerprint density at radius 1 is 1.53 bits per heavy atom. The molecule has 0 aliphatic carbocycles. The van der Waals surface area contributed by atoms with Crippen LogP contribution in [0.4, 0.5) is 0 Å². The number of hydrogen-bond donors (Lipinski definition) is 0. The molecule has 5 heteroatoms. The summed E-state index contributed by atoms with van der Waals surface area (Å²) >= 11 is 9.18. The van der Waals surface area contributed by atoms with E-state index in [4.69, 9.17) is 16.3 Å². The zero-order valence-electron chi connectivity index (χ0n) is 9.82. The van der Waals surface area contributed by atoms with Gasteiger partial charge in [-0.25, -0.2) is 0 Å². The van der Waals surface area contributed by atoms with Crippen molar-refractivity contribution >= 4 is 33.4 Å². The molecule has 1 amide bonds. The Morgan fingerprint density at radius 3 is 2.76 bits per heavy atom. The molecule has 0 aliphatic rings. The van der Waals surface area contributed by atoms with E-state index < -0.39 is 0 Å². The summed E-state index contributed by atoms with van der Waals surface area (Å²) in [6.07, 6.45) is 0. The van der Waals surface area contributed by atoms with Gasteiger partial charge in [-0.05, 0) is 19.1 Å². The summed E-state index contributed by atoms with van der Waals surface area (Å²) in [7, 11) is 1.75. The molecule has 0 saturated carbocycles. The molecule has 3 nitrogen and oxygen atoms in total. The summed E-state index contributed by atoms with van der Waals surface area (Å²) in [4.78, 5) is 13.0. The van der Waals surface area contributed by atoms with E-state index in [-0.39, 0.29) is 10.7 Å². The first-order valence-electron chi connectivity index (χ1n) is 5.28. The number of amides is 1. The molecule has 0 N–H and O–H groups in total. The predicted molar refractivity (Wildman–Crippen MR) is 73.0 cm³/mol. The average Bonchev–Trinajstić information content (AvgIpc) is 2.30. The van der Waals surface area contributed by atoms with Crippen LogP contribution in [0.3, 0.4) is 0 Å². The van der Waals surface area contributed by atoms with Crippen molar-refractivity contribution in [3.8, 4) is 5.75 Å². The van der Waals surface area contributed by atoms with Crippen LogP contribution in [0.2, 0.25) is 5.02 Å². The van der Waals surface area contributed by atoms with Gasteiger partial charge in [-0.3, -0.25) is 4.79 Å². The Labute approximate surface area is 115 Å². The zero-order chi connectivity index (χ0) is 12.8. The molecular weight excluding hydrogens is 305 g/mol. The topological polar surface area (TPSA) is 29.5 Å². The summed E-state index contributed by atoms with van der Waals surface area (Å²) in [6, 6.07) is 7.28. The van der Waals surface area contributed by atoms with E-state index in [9.17, 15) is 4.79 Å². The molecule has 94 valence electrons. The minimum atomic E-state index is -0.173. The SMILES string of the molecule is CC(Br)C(=O)N(C)CCOc1ccccc1Cl. The average molecular weight is 321 g/mol. The first-order valence-corrected chi connectivity index (χ1v) is 6.58. The van der Waals surface area contributed by atoms with Crippen LogP contribution in [0.1, 0.15) is 6.92 Å². The molecule has 17 heavy (non-hydrogen) atoms. The van der Waals surface area contributed by atoms with E-state index in [2.05, 4.69) is 15.9 Å². The number of likely N-dealkylation sites (N-methyl/N-ethyl adjacent to an activating group) is 1. The Bertz CT molecular complexity index is 385. The van der Waals surface area contributed by atoms with E-state index in [0.29, 0.717) is 23.9 Å². The lowest BCUT2D eigenvalue weighted by Gasteiger charge is -2.18. The van der Waals surface area contributed by atoms with Crippen molar-refractivity contribution in [2.24, 2.45) is 0 Å². The van der Waals surface area contributed by atoms with Gasteiger partial charge in [0.15, 0.2) is 0 Å². The normalized spacial score (nSPS) is 12.0. The van der Waals surface area contributed by atoms with Gasteiger partial charge >= 0.3 is 0 Å². The van der Waals surface area contributed by atoms with Crippen LogP contribution in [-0.4, -0.2) is 35.8 Å². The van der Waals surface area contributed by atoms with Crippen LogP contribution in [-0.2, 0) is 4.79 Å². The second-order valence-corrected chi connectivity index (χ2v) is 5.44. The number of halogens is 2. The van der Waals surface area contributed by atoms with Crippen molar-refractivity contribution in [1.29, 1.82) is 0 Å². The lowest BCUT2D eigenvalue weighted by Crippen LogP contribution is -2.35. The maximum atomic E-state index is 11.5. The van der Waals surface area contributed by atoms with E-state index in [1.165, 1.54) is 0 Å². The van der Waals surface area contributed by atoms with Crippen LogP contribution >= 0.6 is 27.5 Å². The van der Waals surface area contributed by atoms with Crippen molar-refractivity contribution in [3.63, 3.8) is 0 Å². The second kappa shape index (κ2) is 6.87. The monoisotopic (exact) mass is 319 g/mol. The molecule has 0 radical (unpaired) electrons. The number of rotatable bonds is 5. The highest BCUT2D eigenvalue weighted by Gasteiger charge is 2.13. The standard InChI is InChI=1S/C12H15BrClNO2/c1-9(13)12(16)15(2)7-8-17-11-6-4-3-5-10(11)14/h3-6,9H,7-8H2,1-2H3. The van der Waals surface area contributed by atoms with Gasteiger partial charge in [0.1, 0.15) is 12.4 Å². The Hall–Kier alpha value is -0.740. The molecule has 0 fully saturated rings. The highest BCUT2D eigenvalue weighted by atomic mass is 79.9. The first kappa shape index (κ1) is 14.3. The molecule has 0 aliphatic heterocycles. The molecule has 1 unspecified atom stereocenters. The fraction of sp³-hybridized carbons (Fsp3) is 0.417. The summed E-state index contributed by atoms with van der Waals surface area (Å²) in [6.45, 7) is 2.75. The van der Waals surface area contributed by atoms with Crippen molar-refractivity contribution in [1.82, 2.24) is 4.90 Å². The van der Waals surface area contributed by atoms with Crippen LogP contribution < -0.4 is 4.74 Å². The van der Waals surface area contributed by atoms with Crippen LogP contribution in [0.5, 0.6) is 5.75 Å². The maximum Gasteiger partial charge on any atom is 0.235 e. The number of alkyl halides is 1. The van der Waals surface area contributed by atoms with Gasteiger partial charge in [0.2, 0.25) is 5.91 Å². The van der Waals surface area contributed by atoms with Crippen molar-refractivity contribution < 1.29 is 9.53 Å². The Kier molecular flexibility index (Phi) is 5.78. The number of ether oxygens (including phenoxy) is 1. The number of nitrogens with zero attached hydrogens (tertiary/aromatic N) is 1. The van der Waals surface area contributed by atoms with Crippen molar-refractivity contribution in [2.75, 3.05) is 20.2 Å². The summed E-state index contributed by atoms with van der Waals surface area (Å²) in [5.41, 5.74) is 0. The highest BCUT2D eigenvalue weighted by molar-refractivity contribution is 9.10. The molecule has 0 heterocycles. The molecular formula is C12H15BrClNO2. The van der Waals surface area contributed by atoms with Crippen LogP contribution in [0.15, 0.2) is 24.3 Å². The minimum Gasteiger partial charge on any atom is -0.490 e. The largest absolute Gasteiger partial charge is 0.490 e.